The van der Waals surface area contributed by atoms with Crippen LogP contribution in [0.5, 0.6) is 0 Å². The fraction of sp³-hybridized carbons (Fsp3) is 0.778. The van der Waals surface area contributed by atoms with Crippen LogP contribution in [0.25, 0.3) is 0 Å². The summed E-state index contributed by atoms with van der Waals surface area (Å²) in [5.74, 6) is 0. The van der Waals surface area contributed by atoms with E-state index >= 15 is 0 Å². The molecular formula is C9H17NO5. The molecule has 0 aromatic carbocycles. The highest BCUT2D eigenvalue weighted by atomic mass is 16.6. The van der Waals surface area contributed by atoms with Crippen LogP contribution in [-0.4, -0.2) is 64.2 Å². The third kappa shape index (κ3) is 2.75. The Labute approximate surface area is 87.8 Å². The second-order valence-electron chi connectivity index (χ2n) is 3.45. The summed E-state index contributed by atoms with van der Waals surface area (Å²) in [5, 5.41) is 40.2. The van der Waals surface area contributed by atoms with Crippen molar-refractivity contribution in [3.05, 3.63) is 12.7 Å². The van der Waals surface area contributed by atoms with Crippen molar-refractivity contribution < 1.29 is 25.2 Å². The van der Waals surface area contributed by atoms with Crippen LogP contribution in [0, 0.1) is 0 Å². The minimum atomic E-state index is -1.26. The first kappa shape index (κ1) is 12.6. The van der Waals surface area contributed by atoms with Crippen LogP contribution < -0.4 is 5.32 Å². The van der Waals surface area contributed by atoms with Gasteiger partial charge in [0.05, 0.1) is 12.6 Å². The highest BCUT2D eigenvalue weighted by Gasteiger charge is 2.43. The monoisotopic (exact) mass is 219 g/mol. The second kappa shape index (κ2) is 5.55. The molecule has 1 heterocycles. The largest absolute Gasteiger partial charge is 0.394 e. The molecule has 15 heavy (non-hydrogen) atoms. The number of aliphatic hydroxyl groups is 4. The molecule has 1 rings (SSSR count). The summed E-state index contributed by atoms with van der Waals surface area (Å²) in [5.41, 5.74) is 0. The van der Waals surface area contributed by atoms with E-state index in [2.05, 4.69) is 11.9 Å². The van der Waals surface area contributed by atoms with Crippen LogP contribution in [0.15, 0.2) is 12.7 Å². The molecule has 0 saturated carbocycles. The summed E-state index contributed by atoms with van der Waals surface area (Å²) in [4.78, 5) is 0. The Morgan fingerprint density at radius 1 is 1.27 bits per heavy atom. The van der Waals surface area contributed by atoms with Crippen molar-refractivity contribution in [3.63, 3.8) is 0 Å². The standard InChI is InChI=1S/C9H17NO5/c1-2-3-10-6-8(13)7(12)5(4-11)15-9(6)14/h2,5-14H,1,3-4H2. The van der Waals surface area contributed by atoms with Gasteiger partial charge in [-0.2, -0.15) is 0 Å². The smallest absolute Gasteiger partial charge is 0.173 e. The summed E-state index contributed by atoms with van der Waals surface area (Å²) in [7, 11) is 0. The lowest BCUT2D eigenvalue weighted by Gasteiger charge is -2.40. The average molecular weight is 219 g/mol. The highest BCUT2D eigenvalue weighted by Crippen LogP contribution is 2.19. The molecule has 5 unspecified atom stereocenters. The molecular weight excluding hydrogens is 202 g/mol. The van der Waals surface area contributed by atoms with Gasteiger partial charge in [0, 0.05) is 6.54 Å². The van der Waals surface area contributed by atoms with Crippen LogP contribution in [0.2, 0.25) is 0 Å². The fourth-order valence-corrected chi connectivity index (χ4v) is 1.54. The molecule has 0 aromatic rings. The molecule has 5 N–H and O–H groups in total. The first-order chi connectivity index (χ1) is 7.11. The maximum absolute atomic E-state index is 9.64. The zero-order valence-corrected chi connectivity index (χ0v) is 8.28. The maximum atomic E-state index is 9.64. The van der Waals surface area contributed by atoms with Crippen molar-refractivity contribution in [2.24, 2.45) is 0 Å². The third-order valence-corrected chi connectivity index (χ3v) is 2.40. The SMILES string of the molecule is C=CCNC1C(O)OC(CO)C(O)C1O. The molecule has 1 saturated heterocycles. The second-order valence-corrected chi connectivity index (χ2v) is 3.45. The number of hydrogen-bond donors (Lipinski definition) is 5. The van der Waals surface area contributed by atoms with Crippen LogP contribution in [0.3, 0.4) is 0 Å². The van der Waals surface area contributed by atoms with Crippen LogP contribution >= 0.6 is 0 Å². The van der Waals surface area contributed by atoms with E-state index in [1.807, 2.05) is 0 Å². The predicted octanol–water partition coefficient (Wildman–Crippen LogP) is -2.44. The van der Waals surface area contributed by atoms with Crippen molar-refractivity contribution in [2.75, 3.05) is 13.2 Å². The van der Waals surface area contributed by atoms with Gasteiger partial charge in [-0.25, -0.2) is 0 Å². The van der Waals surface area contributed by atoms with E-state index in [4.69, 9.17) is 9.84 Å². The van der Waals surface area contributed by atoms with E-state index in [0.717, 1.165) is 0 Å². The molecule has 1 aliphatic rings. The number of ether oxygens (including phenoxy) is 1. The van der Waals surface area contributed by atoms with Gasteiger partial charge in [0.15, 0.2) is 6.29 Å². The fourth-order valence-electron chi connectivity index (χ4n) is 1.54. The van der Waals surface area contributed by atoms with Crippen LogP contribution in [0.1, 0.15) is 0 Å². The van der Waals surface area contributed by atoms with Gasteiger partial charge in [-0.05, 0) is 0 Å². The van der Waals surface area contributed by atoms with Gasteiger partial charge in [-0.1, -0.05) is 6.08 Å². The maximum Gasteiger partial charge on any atom is 0.173 e. The molecule has 0 spiro atoms. The minimum absolute atomic E-state index is 0.374. The number of hydrogen-bond acceptors (Lipinski definition) is 6. The van der Waals surface area contributed by atoms with Crippen molar-refractivity contribution >= 4 is 0 Å². The van der Waals surface area contributed by atoms with Gasteiger partial charge in [0.25, 0.3) is 0 Å². The van der Waals surface area contributed by atoms with Crippen LogP contribution in [0.4, 0.5) is 0 Å². The van der Waals surface area contributed by atoms with Crippen molar-refractivity contribution in [1.82, 2.24) is 5.32 Å². The molecule has 0 amide bonds. The summed E-state index contributed by atoms with van der Waals surface area (Å²) < 4.78 is 4.93. The predicted molar refractivity (Wildman–Crippen MR) is 52.0 cm³/mol. The van der Waals surface area contributed by atoms with Crippen molar-refractivity contribution in [3.8, 4) is 0 Å². The summed E-state index contributed by atoms with van der Waals surface area (Å²) in [6.07, 6.45) is -3.08. The quantitative estimate of drug-likeness (QED) is 0.337. The Kier molecular flexibility index (Phi) is 4.65. The zero-order chi connectivity index (χ0) is 11.4. The molecule has 0 aromatic heterocycles. The molecule has 0 radical (unpaired) electrons. The van der Waals surface area contributed by atoms with Gasteiger partial charge in [-0.15, -0.1) is 6.58 Å². The van der Waals surface area contributed by atoms with Crippen LogP contribution in [-0.2, 0) is 4.74 Å². The molecule has 0 bridgehead atoms. The Bertz CT molecular complexity index is 213. The molecule has 6 heteroatoms. The molecule has 88 valence electrons. The highest BCUT2D eigenvalue weighted by molar-refractivity contribution is 4.93. The lowest BCUT2D eigenvalue weighted by Crippen LogP contribution is -2.63. The van der Waals surface area contributed by atoms with Gasteiger partial charge < -0.3 is 30.5 Å². The lowest BCUT2D eigenvalue weighted by atomic mass is 9.97. The molecule has 1 fully saturated rings. The minimum Gasteiger partial charge on any atom is -0.394 e. The average Bonchev–Trinajstić information content (AvgIpc) is 2.23. The third-order valence-electron chi connectivity index (χ3n) is 2.40. The van der Waals surface area contributed by atoms with E-state index in [9.17, 15) is 15.3 Å². The first-order valence-electron chi connectivity index (χ1n) is 4.76. The van der Waals surface area contributed by atoms with Gasteiger partial charge in [0.1, 0.15) is 18.3 Å². The molecule has 0 aliphatic carbocycles. The van der Waals surface area contributed by atoms with Gasteiger partial charge in [0.2, 0.25) is 0 Å². The Balaban J connectivity index is 2.61. The Morgan fingerprint density at radius 2 is 1.93 bits per heavy atom. The summed E-state index contributed by atoms with van der Waals surface area (Å²) in [6.45, 7) is 3.39. The van der Waals surface area contributed by atoms with E-state index in [1.165, 1.54) is 0 Å². The number of nitrogens with one attached hydrogen (secondary N) is 1. The van der Waals surface area contributed by atoms with E-state index in [-0.39, 0.29) is 0 Å². The normalized spacial score (nSPS) is 41.5. The summed E-state index contributed by atoms with van der Waals surface area (Å²) in [6, 6.07) is -0.791. The van der Waals surface area contributed by atoms with Crippen molar-refractivity contribution in [1.29, 1.82) is 0 Å². The molecule has 5 atom stereocenters. The van der Waals surface area contributed by atoms with E-state index < -0.39 is 37.3 Å². The number of rotatable bonds is 4. The molecule has 1 aliphatic heterocycles. The lowest BCUT2D eigenvalue weighted by molar-refractivity contribution is -0.254. The Morgan fingerprint density at radius 3 is 2.47 bits per heavy atom. The Hall–Kier alpha value is -0.500. The number of aliphatic hydroxyl groups excluding tert-OH is 4. The topological polar surface area (TPSA) is 102 Å². The van der Waals surface area contributed by atoms with Crippen molar-refractivity contribution in [2.45, 2.75) is 30.6 Å². The van der Waals surface area contributed by atoms with Gasteiger partial charge in [-0.3, -0.25) is 0 Å². The summed E-state index contributed by atoms with van der Waals surface area (Å²) >= 11 is 0. The van der Waals surface area contributed by atoms with Gasteiger partial charge >= 0.3 is 0 Å². The molecule has 6 nitrogen and oxygen atoms in total. The van der Waals surface area contributed by atoms with E-state index in [0.29, 0.717) is 6.54 Å². The zero-order valence-electron chi connectivity index (χ0n) is 8.28. The van der Waals surface area contributed by atoms with E-state index in [1.54, 1.807) is 6.08 Å². The first-order valence-corrected chi connectivity index (χ1v) is 4.76.